The van der Waals surface area contributed by atoms with Gasteiger partial charge < -0.3 is 9.15 Å². The van der Waals surface area contributed by atoms with Crippen molar-refractivity contribution in [2.75, 3.05) is 18.2 Å². The Morgan fingerprint density at radius 3 is 2.77 bits per heavy atom. The Hall–Kier alpha value is -3.17. The maximum absolute atomic E-state index is 12.6. The first kappa shape index (κ1) is 20.1. The molecule has 2 heterocycles. The van der Waals surface area contributed by atoms with Crippen LogP contribution >= 0.6 is 11.3 Å². The van der Waals surface area contributed by atoms with Crippen molar-refractivity contribution in [2.24, 2.45) is 0 Å². The highest BCUT2D eigenvalue weighted by Crippen LogP contribution is 2.34. The molecule has 1 N–H and O–H groups in total. The van der Waals surface area contributed by atoms with Gasteiger partial charge >= 0.3 is 0 Å². The first-order valence-electron chi connectivity index (χ1n) is 9.08. The lowest BCUT2D eigenvalue weighted by molar-refractivity contribution is 0.102. The summed E-state index contributed by atoms with van der Waals surface area (Å²) in [5.74, 6) is 0.660. The number of hydrogen-bond acceptors (Lipinski definition) is 7. The number of amides is 1. The van der Waals surface area contributed by atoms with Crippen molar-refractivity contribution in [3.8, 4) is 17.2 Å². The average Bonchev–Trinajstić information content (AvgIpc) is 3.35. The van der Waals surface area contributed by atoms with Gasteiger partial charge in [-0.25, -0.2) is 13.4 Å². The molecule has 0 aliphatic rings. The topological polar surface area (TPSA) is 98.5 Å². The largest absolute Gasteiger partial charge is 0.490 e. The Balaban J connectivity index is 1.61. The van der Waals surface area contributed by atoms with Crippen molar-refractivity contribution in [1.82, 2.24) is 4.98 Å². The normalized spacial score (nSPS) is 11.5. The maximum Gasteiger partial charge on any atom is 0.258 e. The van der Waals surface area contributed by atoms with Crippen molar-refractivity contribution < 1.29 is 22.4 Å². The van der Waals surface area contributed by atoms with Crippen LogP contribution in [0.3, 0.4) is 0 Å². The molecule has 9 heteroatoms. The van der Waals surface area contributed by atoms with Gasteiger partial charge in [-0.2, -0.15) is 0 Å². The molecule has 2 aromatic heterocycles. The molecule has 154 valence electrons. The quantitative estimate of drug-likeness (QED) is 0.468. The minimum absolute atomic E-state index is 0.0278. The summed E-state index contributed by atoms with van der Waals surface area (Å²) < 4.78 is 35.4. The lowest BCUT2D eigenvalue weighted by Crippen LogP contribution is -2.15. The van der Waals surface area contributed by atoms with Crippen LogP contribution in [0.2, 0.25) is 0 Å². The highest BCUT2D eigenvalue weighted by Gasteiger charge is 2.20. The van der Waals surface area contributed by atoms with Gasteiger partial charge in [0.15, 0.2) is 32.1 Å². The Morgan fingerprint density at radius 2 is 2.00 bits per heavy atom. The molecule has 0 saturated heterocycles. The number of nitrogens with one attached hydrogen (secondary N) is 1. The maximum atomic E-state index is 12.6. The summed E-state index contributed by atoms with van der Waals surface area (Å²) in [7, 11) is -3.54. The number of carbonyl (C=O) groups excluding carboxylic acids is 1. The minimum Gasteiger partial charge on any atom is -0.490 e. The van der Waals surface area contributed by atoms with Crippen LogP contribution in [0.4, 0.5) is 5.13 Å². The van der Waals surface area contributed by atoms with Gasteiger partial charge in [-0.1, -0.05) is 24.3 Å². The molecule has 0 unspecified atom stereocenters. The van der Waals surface area contributed by atoms with E-state index in [0.29, 0.717) is 34.5 Å². The van der Waals surface area contributed by atoms with E-state index in [-0.39, 0.29) is 10.5 Å². The van der Waals surface area contributed by atoms with Crippen molar-refractivity contribution >= 4 is 43.2 Å². The zero-order valence-corrected chi connectivity index (χ0v) is 17.8. The number of hydrogen-bond donors (Lipinski definition) is 1. The Morgan fingerprint density at radius 1 is 1.20 bits per heavy atom. The fraction of sp³-hybridized carbons (Fsp3) is 0.143. The molecule has 30 heavy (non-hydrogen) atoms. The summed E-state index contributed by atoms with van der Waals surface area (Å²) in [6.45, 7) is 2.43. The number of thiazole rings is 1. The van der Waals surface area contributed by atoms with E-state index in [4.69, 9.17) is 9.15 Å². The first-order valence-corrected chi connectivity index (χ1v) is 11.9. The lowest BCUT2D eigenvalue weighted by atomic mass is 10.2. The second kappa shape index (κ2) is 7.92. The fourth-order valence-corrected chi connectivity index (χ4v) is 4.60. The number of carbonyl (C=O) groups is 1. The molecule has 0 bridgehead atoms. The molecule has 0 aliphatic heterocycles. The number of fused-ring (bicyclic) bond motifs is 1. The van der Waals surface area contributed by atoms with E-state index in [0.717, 1.165) is 11.6 Å². The number of anilines is 1. The molecule has 0 radical (unpaired) electrons. The molecular weight excluding hydrogens is 424 g/mol. The van der Waals surface area contributed by atoms with Crippen LogP contribution in [0, 0.1) is 0 Å². The summed E-state index contributed by atoms with van der Waals surface area (Å²) in [4.78, 5) is 17.0. The summed E-state index contributed by atoms with van der Waals surface area (Å²) in [5, 5.41) is 5.65. The molecule has 0 saturated carbocycles. The zero-order valence-electron chi connectivity index (χ0n) is 16.2. The molecule has 0 fully saturated rings. The van der Waals surface area contributed by atoms with Gasteiger partial charge in [0.1, 0.15) is 5.69 Å². The second-order valence-electron chi connectivity index (χ2n) is 6.48. The first-order chi connectivity index (χ1) is 14.4. The van der Waals surface area contributed by atoms with E-state index in [1.165, 1.54) is 23.5 Å². The number of ether oxygens (including phenoxy) is 1. The van der Waals surface area contributed by atoms with Gasteiger partial charge in [0.2, 0.25) is 0 Å². The second-order valence-corrected chi connectivity index (χ2v) is 9.32. The molecule has 0 spiro atoms. The molecule has 2 aromatic carbocycles. The number of furan rings is 1. The smallest absolute Gasteiger partial charge is 0.258 e. The Labute approximate surface area is 177 Å². The number of benzene rings is 2. The molecule has 0 aliphatic carbocycles. The predicted octanol–water partition coefficient (Wildman–Crippen LogP) is 4.61. The number of para-hydroxylation sites is 1. The fourth-order valence-electron chi connectivity index (χ4n) is 3.02. The number of rotatable bonds is 6. The van der Waals surface area contributed by atoms with Crippen LogP contribution in [-0.4, -0.2) is 32.2 Å². The standard InChI is InChI=1S/C21H18N2O5S2/c1-3-27-16-9-6-7-13-11-17(28-19(13)16)15-12-29-21(22-15)23-20(24)14-8-4-5-10-18(14)30(2,25)26/h4-12H,3H2,1-2H3,(H,22,23,24). The van der Waals surface area contributed by atoms with Gasteiger partial charge in [0.05, 0.1) is 17.1 Å². The minimum atomic E-state index is -3.54. The highest BCUT2D eigenvalue weighted by atomic mass is 32.2. The molecule has 4 aromatic rings. The average molecular weight is 443 g/mol. The summed E-state index contributed by atoms with van der Waals surface area (Å²) in [5.41, 5.74) is 1.27. The third-order valence-corrected chi connectivity index (χ3v) is 6.23. The third kappa shape index (κ3) is 3.94. The highest BCUT2D eigenvalue weighted by molar-refractivity contribution is 7.90. The van der Waals surface area contributed by atoms with Crippen LogP contribution in [-0.2, 0) is 9.84 Å². The van der Waals surface area contributed by atoms with Crippen molar-refractivity contribution in [2.45, 2.75) is 11.8 Å². The van der Waals surface area contributed by atoms with E-state index in [1.54, 1.807) is 17.5 Å². The van der Waals surface area contributed by atoms with Gasteiger partial charge in [-0.3, -0.25) is 10.1 Å². The summed E-state index contributed by atoms with van der Waals surface area (Å²) >= 11 is 1.22. The monoisotopic (exact) mass is 442 g/mol. The molecule has 1 amide bonds. The van der Waals surface area contributed by atoms with Crippen LogP contribution in [0.5, 0.6) is 5.75 Å². The van der Waals surface area contributed by atoms with Crippen LogP contribution in [0.15, 0.2) is 63.2 Å². The molecule has 7 nitrogen and oxygen atoms in total. The van der Waals surface area contributed by atoms with Gasteiger partial charge in [-0.05, 0) is 31.2 Å². The number of aromatic nitrogens is 1. The Bertz CT molecular complexity index is 1340. The zero-order chi connectivity index (χ0) is 21.3. The van der Waals surface area contributed by atoms with Crippen LogP contribution < -0.4 is 10.1 Å². The summed E-state index contributed by atoms with van der Waals surface area (Å²) in [6, 6.07) is 13.6. The van der Waals surface area contributed by atoms with Gasteiger partial charge in [-0.15, -0.1) is 11.3 Å². The Kier molecular flexibility index (Phi) is 5.31. The SMILES string of the molecule is CCOc1cccc2cc(-c3csc(NC(=O)c4ccccc4S(C)(=O)=O)n3)oc12. The molecular formula is C21H18N2O5S2. The summed E-state index contributed by atoms with van der Waals surface area (Å²) in [6.07, 6.45) is 1.07. The van der Waals surface area contributed by atoms with E-state index < -0.39 is 15.7 Å². The van der Waals surface area contributed by atoms with E-state index >= 15 is 0 Å². The van der Waals surface area contributed by atoms with Crippen molar-refractivity contribution in [1.29, 1.82) is 0 Å². The third-order valence-electron chi connectivity index (χ3n) is 4.32. The van der Waals surface area contributed by atoms with E-state index in [1.807, 2.05) is 31.2 Å². The predicted molar refractivity (Wildman–Crippen MR) is 116 cm³/mol. The van der Waals surface area contributed by atoms with E-state index in [9.17, 15) is 13.2 Å². The van der Waals surface area contributed by atoms with Crippen LogP contribution in [0.1, 0.15) is 17.3 Å². The van der Waals surface area contributed by atoms with Gasteiger partial charge in [0, 0.05) is 17.0 Å². The number of sulfone groups is 1. The van der Waals surface area contributed by atoms with Gasteiger partial charge in [0.25, 0.3) is 5.91 Å². The molecule has 4 rings (SSSR count). The van der Waals surface area contributed by atoms with Crippen molar-refractivity contribution in [3.05, 3.63) is 59.5 Å². The van der Waals surface area contributed by atoms with Crippen LogP contribution in [0.25, 0.3) is 22.4 Å². The van der Waals surface area contributed by atoms with E-state index in [2.05, 4.69) is 10.3 Å². The molecule has 0 atom stereocenters. The lowest BCUT2D eigenvalue weighted by Gasteiger charge is -2.06. The van der Waals surface area contributed by atoms with Crippen molar-refractivity contribution in [3.63, 3.8) is 0 Å². The number of nitrogens with zero attached hydrogens (tertiary/aromatic N) is 1.